The number of rotatable bonds is 12. The van der Waals surface area contributed by atoms with Gasteiger partial charge in [0.05, 0.1) is 16.2 Å². The van der Waals surface area contributed by atoms with Crippen LogP contribution in [0.3, 0.4) is 0 Å². The molecule has 3 atom stereocenters. The largest absolute Gasteiger partial charge is 0.482 e. The lowest BCUT2D eigenvalue weighted by atomic mass is 9.85. The van der Waals surface area contributed by atoms with Gasteiger partial charge in [0.1, 0.15) is 23.7 Å². The van der Waals surface area contributed by atoms with Crippen LogP contribution in [0.15, 0.2) is 35.9 Å². The van der Waals surface area contributed by atoms with E-state index >= 15 is 0 Å². The SMILES string of the molecule is CC(=O)CCCC(=O)N(CC1CCCCC1)[C@@H]1CC(C(=O)NCCO)=C[C@H](Oc2ccccc2I)[C@H]1O. The highest BCUT2D eigenvalue weighted by molar-refractivity contribution is 14.1. The van der Waals surface area contributed by atoms with Gasteiger partial charge < -0.3 is 30.0 Å². The third kappa shape index (κ3) is 8.78. The molecule has 2 aliphatic rings. The van der Waals surface area contributed by atoms with Crippen molar-refractivity contribution < 1.29 is 29.3 Å². The predicted molar refractivity (Wildman–Crippen MR) is 149 cm³/mol. The fourth-order valence-corrected chi connectivity index (χ4v) is 5.68. The van der Waals surface area contributed by atoms with Crippen LogP contribution in [0.25, 0.3) is 0 Å². The number of nitrogens with one attached hydrogen (secondary N) is 1. The maximum absolute atomic E-state index is 13.5. The molecule has 1 fully saturated rings. The van der Waals surface area contributed by atoms with Gasteiger partial charge in [-0.05, 0) is 72.9 Å². The van der Waals surface area contributed by atoms with Crippen molar-refractivity contribution in [3.05, 3.63) is 39.5 Å². The lowest BCUT2D eigenvalue weighted by molar-refractivity contribution is -0.140. The van der Waals surface area contributed by atoms with Crippen LogP contribution in [0.5, 0.6) is 5.75 Å². The Hall–Kier alpha value is -1.98. The summed E-state index contributed by atoms with van der Waals surface area (Å²) in [7, 11) is 0. The maximum Gasteiger partial charge on any atom is 0.247 e. The Balaban J connectivity index is 1.89. The summed E-state index contributed by atoms with van der Waals surface area (Å²) in [5.41, 5.74) is 0.421. The first-order valence-electron chi connectivity index (χ1n) is 13.3. The number of carbonyl (C=O) groups excluding carboxylic acids is 3. The van der Waals surface area contributed by atoms with E-state index in [9.17, 15) is 24.6 Å². The van der Waals surface area contributed by atoms with Crippen LogP contribution >= 0.6 is 22.6 Å². The van der Waals surface area contributed by atoms with Crippen LogP contribution in [-0.4, -0.2) is 70.7 Å². The molecule has 1 saturated carbocycles. The second kappa shape index (κ2) is 14.8. The van der Waals surface area contributed by atoms with E-state index in [2.05, 4.69) is 27.9 Å². The number of nitrogens with zero attached hydrogens (tertiary/aromatic N) is 1. The molecule has 3 rings (SSSR count). The Bertz CT molecular complexity index is 962. The summed E-state index contributed by atoms with van der Waals surface area (Å²) in [5.74, 6) is 0.515. The number of ether oxygens (including phenoxy) is 1. The van der Waals surface area contributed by atoms with Gasteiger partial charge in [0.25, 0.3) is 0 Å². The van der Waals surface area contributed by atoms with Crippen molar-refractivity contribution in [1.82, 2.24) is 10.2 Å². The molecule has 2 amide bonds. The zero-order valence-corrected chi connectivity index (χ0v) is 23.7. The summed E-state index contributed by atoms with van der Waals surface area (Å²) in [6, 6.07) is 6.80. The minimum Gasteiger partial charge on any atom is -0.482 e. The monoisotopic (exact) mass is 626 g/mol. The molecule has 9 heteroatoms. The van der Waals surface area contributed by atoms with Gasteiger partial charge in [-0.25, -0.2) is 0 Å². The van der Waals surface area contributed by atoms with Crippen LogP contribution in [0.4, 0.5) is 0 Å². The van der Waals surface area contributed by atoms with Gasteiger partial charge in [0.15, 0.2) is 0 Å². The molecule has 0 heterocycles. The topological polar surface area (TPSA) is 116 Å². The number of hydrogen-bond donors (Lipinski definition) is 3. The zero-order chi connectivity index (χ0) is 26.8. The first kappa shape index (κ1) is 29.6. The maximum atomic E-state index is 13.5. The normalized spacial score (nSPS) is 22.2. The summed E-state index contributed by atoms with van der Waals surface area (Å²) in [6.45, 7) is 1.96. The van der Waals surface area contributed by atoms with Gasteiger partial charge in [0.2, 0.25) is 11.8 Å². The van der Waals surface area contributed by atoms with Crippen molar-refractivity contribution >= 4 is 40.2 Å². The third-order valence-corrected chi connectivity index (χ3v) is 8.03. The Kier molecular flexibility index (Phi) is 11.8. The molecule has 0 aliphatic heterocycles. The molecule has 0 bridgehead atoms. The smallest absolute Gasteiger partial charge is 0.247 e. The number of para-hydroxylation sites is 1. The first-order chi connectivity index (χ1) is 17.8. The van der Waals surface area contributed by atoms with E-state index in [1.807, 2.05) is 24.3 Å². The fraction of sp³-hybridized carbons (Fsp3) is 0.607. The van der Waals surface area contributed by atoms with E-state index in [0.29, 0.717) is 36.6 Å². The average molecular weight is 627 g/mol. The molecule has 8 nitrogen and oxygen atoms in total. The van der Waals surface area contributed by atoms with Crippen molar-refractivity contribution in [2.24, 2.45) is 5.92 Å². The molecule has 0 spiro atoms. The Morgan fingerprint density at radius 3 is 2.54 bits per heavy atom. The standard InChI is InChI=1S/C28H39IN2O6/c1-19(33)8-7-13-26(34)31(18-20-9-3-2-4-10-20)23-16-21(28(36)30-14-15-32)17-25(27(23)35)37-24-12-6-5-11-22(24)29/h5-6,11-12,17,20,23,25,27,32,35H,2-4,7-10,13-16,18H2,1H3,(H,30,36)/t23-,25+,27+/m1/s1. The van der Waals surface area contributed by atoms with Crippen LogP contribution in [0.2, 0.25) is 0 Å². The van der Waals surface area contributed by atoms with Gasteiger partial charge in [-0.3, -0.25) is 9.59 Å². The highest BCUT2D eigenvalue weighted by atomic mass is 127. The predicted octanol–water partition coefficient (Wildman–Crippen LogP) is 3.37. The van der Waals surface area contributed by atoms with Gasteiger partial charge in [-0.1, -0.05) is 31.4 Å². The molecule has 2 aliphatic carbocycles. The van der Waals surface area contributed by atoms with E-state index in [0.717, 1.165) is 29.3 Å². The van der Waals surface area contributed by atoms with Crippen LogP contribution in [0, 0.1) is 9.49 Å². The molecule has 1 aromatic rings. The molecule has 1 aromatic carbocycles. The Morgan fingerprint density at radius 1 is 1.14 bits per heavy atom. The van der Waals surface area contributed by atoms with E-state index in [-0.39, 0.29) is 43.6 Å². The van der Waals surface area contributed by atoms with Gasteiger partial charge in [0, 0.05) is 37.9 Å². The number of aliphatic hydroxyl groups is 2. The van der Waals surface area contributed by atoms with Crippen molar-refractivity contribution in [3.8, 4) is 5.75 Å². The number of carbonyl (C=O) groups is 3. The zero-order valence-electron chi connectivity index (χ0n) is 21.5. The number of halogens is 1. The highest BCUT2D eigenvalue weighted by Crippen LogP contribution is 2.32. The lowest BCUT2D eigenvalue weighted by Gasteiger charge is -2.42. The van der Waals surface area contributed by atoms with Crippen molar-refractivity contribution in [2.75, 3.05) is 19.7 Å². The molecule has 3 N–H and O–H groups in total. The molecular formula is C28H39IN2O6. The molecule has 0 unspecified atom stereocenters. The van der Waals surface area contributed by atoms with Gasteiger partial charge >= 0.3 is 0 Å². The Labute approximate surface area is 233 Å². The quantitative estimate of drug-likeness (QED) is 0.307. The van der Waals surface area contributed by atoms with Crippen molar-refractivity contribution in [3.63, 3.8) is 0 Å². The number of hydrogen-bond acceptors (Lipinski definition) is 6. The average Bonchev–Trinajstić information content (AvgIpc) is 2.88. The Morgan fingerprint density at radius 2 is 1.86 bits per heavy atom. The number of aliphatic hydroxyl groups excluding tert-OH is 2. The molecule has 37 heavy (non-hydrogen) atoms. The molecule has 0 radical (unpaired) electrons. The fourth-order valence-electron chi connectivity index (χ4n) is 5.17. The van der Waals surface area contributed by atoms with E-state index in [1.165, 1.54) is 13.3 Å². The molecule has 0 saturated heterocycles. The first-order valence-corrected chi connectivity index (χ1v) is 14.4. The van der Waals surface area contributed by atoms with E-state index in [1.54, 1.807) is 11.0 Å². The second-order valence-corrected chi connectivity index (χ2v) is 11.2. The number of ketones is 1. The minimum absolute atomic E-state index is 0.0426. The summed E-state index contributed by atoms with van der Waals surface area (Å²) in [6.07, 6.45) is 6.47. The number of amides is 2. The van der Waals surface area contributed by atoms with Gasteiger partial charge in [-0.15, -0.1) is 0 Å². The molecule has 0 aromatic heterocycles. The van der Waals surface area contributed by atoms with E-state index < -0.39 is 18.2 Å². The summed E-state index contributed by atoms with van der Waals surface area (Å²) >= 11 is 2.16. The summed E-state index contributed by atoms with van der Waals surface area (Å²) < 4.78 is 7.07. The summed E-state index contributed by atoms with van der Waals surface area (Å²) in [5, 5.41) is 23.4. The molecule has 204 valence electrons. The third-order valence-electron chi connectivity index (χ3n) is 7.13. The lowest BCUT2D eigenvalue weighted by Crippen LogP contribution is -2.56. The van der Waals surface area contributed by atoms with Gasteiger partial charge in [-0.2, -0.15) is 0 Å². The van der Waals surface area contributed by atoms with Crippen LogP contribution in [-0.2, 0) is 14.4 Å². The van der Waals surface area contributed by atoms with Crippen molar-refractivity contribution in [2.45, 2.75) is 83.0 Å². The number of benzene rings is 1. The van der Waals surface area contributed by atoms with E-state index in [4.69, 9.17) is 4.74 Å². The van der Waals surface area contributed by atoms with Crippen molar-refractivity contribution in [1.29, 1.82) is 0 Å². The second-order valence-electron chi connectivity index (χ2n) is 10.1. The number of Topliss-reactive ketones (excluding diaryl/α,β-unsaturated/α-hetero) is 1. The minimum atomic E-state index is -1.04. The highest BCUT2D eigenvalue weighted by Gasteiger charge is 2.41. The van der Waals surface area contributed by atoms with Crippen LogP contribution < -0.4 is 10.1 Å². The van der Waals surface area contributed by atoms with Crippen LogP contribution in [0.1, 0.15) is 64.7 Å². The molecular weight excluding hydrogens is 587 g/mol. The summed E-state index contributed by atoms with van der Waals surface area (Å²) in [4.78, 5) is 39.7.